The molecule has 14 heteroatoms. The Morgan fingerprint density at radius 2 is 1.18 bits per heavy atom. The second-order valence-electron chi connectivity index (χ2n) is 16.8. The highest BCUT2D eigenvalue weighted by atomic mass is 16.3. The van der Waals surface area contributed by atoms with Crippen LogP contribution in [0.15, 0.2) is 24.3 Å². The Morgan fingerprint density at radius 1 is 0.673 bits per heavy atom. The Kier molecular flexibility index (Phi) is 17.0. The van der Waals surface area contributed by atoms with E-state index in [9.17, 15) is 33.9 Å². The molecule has 3 rings (SSSR count). The largest absolute Gasteiger partial charge is 0.508 e. The van der Waals surface area contributed by atoms with Crippen LogP contribution in [-0.2, 0) is 35.2 Å². The van der Waals surface area contributed by atoms with Gasteiger partial charge in [-0.05, 0) is 93.4 Å². The number of nitrogens with zero attached hydrogens (tertiary/aromatic N) is 4. The summed E-state index contributed by atoms with van der Waals surface area (Å²) < 4.78 is 0. The summed E-state index contributed by atoms with van der Waals surface area (Å²) in [5.41, 5.74) is 6.48. The van der Waals surface area contributed by atoms with Crippen LogP contribution in [0.1, 0.15) is 98.5 Å². The van der Waals surface area contributed by atoms with Crippen LogP contribution in [0.3, 0.4) is 0 Å². The van der Waals surface area contributed by atoms with Crippen molar-refractivity contribution in [2.24, 2.45) is 23.5 Å². The zero-order valence-electron chi connectivity index (χ0n) is 34.5. The van der Waals surface area contributed by atoms with E-state index in [1.54, 1.807) is 26.2 Å². The molecule has 0 unspecified atom stereocenters. The minimum absolute atomic E-state index is 0.00563. The van der Waals surface area contributed by atoms with E-state index in [4.69, 9.17) is 5.73 Å². The summed E-state index contributed by atoms with van der Waals surface area (Å²) in [5, 5.41) is 15.9. The Hall–Kier alpha value is -4.20. The van der Waals surface area contributed by atoms with Crippen molar-refractivity contribution in [3.05, 3.63) is 29.8 Å². The van der Waals surface area contributed by atoms with Gasteiger partial charge in [0.2, 0.25) is 35.4 Å². The maximum Gasteiger partial charge on any atom is 0.245 e. The number of benzene rings is 1. The number of carbonyl (C=O) groups is 6. The molecule has 2 aliphatic rings. The summed E-state index contributed by atoms with van der Waals surface area (Å²) in [6, 6.07) is 0.488. The van der Waals surface area contributed by atoms with Gasteiger partial charge in [-0.15, -0.1) is 0 Å². The maximum absolute atomic E-state index is 14.5. The number of nitrogens with two attached hydrogens (primary N) is 1. The highest BCUT2D eigenvalue weighted by molar-refractivity contribution is 5.98. The fraction of sp³-hybridized carbons (Fsp3) is 0.707. The molecule has 55 heavy (non-hydrogen) atoms. The Balaban J connectivity index is 2.22. The number of phenols is 1. The minimum atomic E-state index is -1.08. The van der Waals surface area contributed by atoms with Gasteiger partial charge >= 0.3 is 0 Å². The third kappa shape index (κ3) is 12.1. The first-order valence-corrected chi connectivity index (χ1v) is 20.1. The number of carbonyl (C=O) groups excluding carboxylic acids is 6. The monoisotopic (exact) mass is 770 g/mol. The van der Waals surface area contributed by atoms with Crippen molar-refractivity contribution < 1.29 is 33.9 Å². The molecule has 6 atom stereocenters. The molecule has 0 aromatic heterocycles. The number of likely N-dealkylation sites (N-methyl/N-ethyl adjacent to an activating group) is 3. The summed E-state index contributed by atoms with van der Waals surface area (Å²) >= 11 is 0. The van der Waals surface area contributed by atoms with E-state index in [-0.39, 0.29) is 42.3 Å². The van der Waals surface area contributed by atoms with Crippen molar-refractivity contribution in [1.82, 2.24) is 30.2 Å². The molecule has 308 valence electrons. The number of rotatable bonds is 12. The first kappa shape index (κ1) is 45.2. The van der Waals surface area contributed by atoms with Crippen molar-refractivity contribution >= 4 is 35.4 Å². The molecular formula is C41H67N7O7. The Morgan fingerprint density at radius 3 is 1.73 bits per heavy atom. The Bertz CT molecular complexity index is 1480. The number of unbranched alkanes of at least 4 members (excludes halogenated alkanes) is 1. The molecule has 0 bridgehead atoms. The van der Waals surface area contributed by atoms with E-state index in [0.717, 1.165) is 0 Å². The van der Waals surface area contributed by atoms with Crippen molar-refractivity contribution in [3.8, 4) is 5.75 Å². The lowest BCUT2D eigenvalue weighted by atomic mass is 9.96. The molecular weight excluding hydrogens is 702 g/mol. The highest BCUT2D eigenvalue weighted by Crippen LogP contribution is 2.25. The quantitative estimate of drug-likeness (QED) is 0.234. The number of aromatic hydroxyl groups is 1. The highest BCUT2D eigenvalue weighted by Gasteiger charge is 2.44. The van der Waals surface area contributed by atoms with Crippen LogP contribution in [0.25, 0.3) is 0 Å². The second-order valence-corrected chi connectivity index (χ2v) is 16.8. The average molecular weight is 770 g/mol. The van der Waals surface area contributed by atoms with Gasteiger partial charge in [-0.3, -0.25) is 28.8 Å². The zero-order valence-corrected chi connectivity index (χ0v) is 34.5. The first-order valence-electron chi connectivity index (χ1n) is 20.1. The van der Waals surface area contributed by atoms with E-state index in [1.807, 2.05) is 41.5 Å². The van der Waals surface area contributed by atoms with Gasteiger partial charge in [0, 0.05) is 34.1 Å². The molecule has 14 nitrogen and oxygen atoms in total. The van der Waals surface area contributed by atoms with Crippen LogP contribution in [0.5, 0.6) is 5.75 Å². The third-order valence-electron chi connectivity index (χ3n) is 10.8. The molecule has 1 aromatic carbocycles. The molecule has 0 spiro atoms. The fourth-order valence-electron chi connectivity index (χ4n) is 7.70. The van der Waals surface area contributed by atoms with Gasteiger partial charge in [-0.25, -0.2) is 0 Å². The molecule has 6 amide bonds. The van der Waals surface area contributed by atoms with E-state index >= 15 is 0 Å². The van der Waals surface area contributed by atoms with Gasteiger partial charge in [-0.1, -0.05) is 53.7 Å². The summed E-state index contributed by atoms with van der Waals surface area (Å²) in [7, 11) is 4.65. The average Bonchev–Trinajstić information content (AvgIpc) is 3.62. The van der Waals surface area contributed by atoms with E-state index in [0.29, 0.717) is 63.6 Å². The van der Waals surface area contributed by atoms with E-state index in [2.05, 4.69) is 10.6 Å². The number of fused-ring (bicyclic) bond motifs is 1. The number of amides is 6. The van der Waals surface area contributed by atoms with Crippen molar-refractivity contribution in [2.75, 3.05) is 34.2 Å². The molecule has 0 radical (unpaired) electrons. The van der Waals surface area contributed by atoms with Gasteiger partial charge in [0.05, 0.1) is 0 Å². The maximum atomic E-state index is 14.5. The van der Waals surface area contributed by atoms with Crippen LogP contribution < -0.4 is 16.4 Å². The van der Waals surface area contributed by atoms with Crippen LogP contribution in [0.4, 0.5) is 0 Å². The lowest BCUT2D eigenvalue weighted by molar-refractivity contribution is -0.152. The second kappa shape index (κ2) is 20.6. The lowest BCUT2D eigenvalue weighted by Gasteiger charge is -2.38. The standard InChI is InChI=1S/C41H67N7O7/c1-25(2)21-30-38(52)47(9)35(23-27(5)6)41(55)45(7)32(13-10-11-19-42)36(50)44-31(22-26(3)4)39(53)48-20-12-14-33(48)40(54)46(8)34(37(51)43-30)24-28-15-17-29(49)18-16-28/h15-18,25-27,30-35,49H,10-14,19-24,42H2,1-9H3,(H,43,51)(H,44,50)/t30-,31-,32-,33+,34-,35+/m0/s1. The number of phenolic OH excluding ortho intramolecular Hbond substituents is 1. The smallest absolute Gasteiger partial charge is 0.245 e. The van der Waals surface area contributed by atoms with Crippen LogP contribution in [-0.4, -0.2) is 131 Å². The minimum Gasteiger partial charge on any atom is -0.508 e. The molecule has 0 aliphatic carbocycles. The molecule has 0 saturated carbocycles. The predicted octanol–water partition coefficient (Wildman–Crippen LogP) is 2.66. The van der Waals surface area contributed by atoms with E-state index < -0.39 is 65.8 Å². The first-order chi connectivity index (χ1) is 25.9. The van der Waals surface area contributed by atoms with Gasteiger partial charge < -0.3 is 41.1 Å². The van der Waals surface area contributed by atoms with Crippen molar-refractivity contribution in [1.29, 1.82) is 0 Å². The van der Waals surface area contributed by atoms with Crippen LogP contribution in [0.2, 0.25) is 0 Å². The van der Waals surface area contributed by atoms with Gasteiger partial charge in [0.1, 0.15) is 42.0 Å². The topological polar surface area (TPSA) is 186 Å². The van der Waals surface area contributed by atoms with Crippen molar-refractivity contribution in [2.45, 2.75) is 136 Å². The molecule has 2 fully saturated rings. The van der Waals surface area contributed by atoms with Gasteiger partial charge in [-0.2, -0.15) is 0 Å². The Labute approximate surface area is 327 Å². The van der Waals surface area contributed by atoms with Crippen LogP contribution in [0, 0.1) is 17.8 Å². The predicted molar refractivity (Wildman–Crippen MR) is 211 cm³/mol. The molecule has 2 saturated heterocycles. The van der Waals surface area contributed by atoms with Crippen molar-refractivity contribution in [3.63, 3.8) is 0 Å². The van der Waals surface area contributed by atoms with Gasteiger partial charge in [0.25, 0.3) is 0 Å². The molecule has 2 aliphatic heterocycles. The number of hydrogen-bond donors (Lipinski definition) is 4. The number of hydrogen-bond acceptors (Lipinski definition) is 8. The molecule has 2 heterocycles. The zero-order chi connectivity index (χ0) is 41.1. The molecule has 1 aromatic rings. The summed E-state index contributed by atoms with van der Waals surface area (Å²) in [4.78, 5) is 92.3. The summed E-state index contributed by atoms with van der Waals surface area (Å²) in [5.74, 6) is -2.70. The third-order valence-corrected chi connectivity index (χ3v) is 10.8. The van der Waals surface area contributed by atoms with E-state index in [1.165, 1.54) is 38.8 Å². The molecule has 5 N–H and O–H groups in total. The van der Waals surface area contributed by atoms with Gasteiger partial charge in [0.15, 0.2) is 0 Å². The van der Waals surface area contributed by atoms with Crippen LogP contribution >= 0.6 is 0 Å². The lowest BCUT2D eigenvalue weighted by Crippen LogP contribution is -2.62. The number of nitrogens with one attached hydrogen (secondary N) is 2. The SMILES string of the molecule is CC(C)C[C@@H]1NC(=O)[C@H](Cc2ccc(O)cc2)N(C)C(=O)[C@H]2CCCN2C(=O)[C@H](CC(C)C)NC(=O)[C@H](CCCCN)N(C)C(=O)[C@@H](CC(C)C)N(C)C1=O. The summed E-state index contributed by atoms with van der Waals surface area (Å²) in [6.45, 7) is 12.4. The summed E-state index contributed by atoms with van der Waals surface area (Å²) in [6.07, 6.45) is 3.36. The fourth-order valence-corrected chi connectivity index (χ4v) is 7.70. The normalized spacial score (nSPS) is 25.5.